The number of aryl methyl sites for hydroxylation is 1. The van der Waals surface area contributed by atoms with Gasteiger partial charge < -0.3 is 19.5 Å². The van der Waals surface area contributed by atoms with Gasteiger partial charge in [-0.3, -0.25) is 0 Å². The predicted molar refractivity (Wildman–Crippen MR) is 243 cm³/mol. The average molecular weight is 894 g/mol. The Balaban J connectivity index is 1.15. The maximum absolute atomic E-state index is 13.7. The zero-order valence-corrected chi connectivity index (χ0v) is 38.6. The molecule has 1 N–H and O–H groups in total. The van der Waals surface area contributed by atoms with Crippen LogP contribution in [0, 0.1) is 18.8 Å². The Labute approximate surface area is 374 Å². The second-order valence-electron chi connectivity index (χ2n) is 19.1. The molecular formula is C49H80F5N7O2. The Morgan fingerprint density at radius 1 is 0.651 bits per heavy atom. The minimum absolute atomic E-state index is 0.0489. The fourth-order valence-electron chi connectivity index (χ4n) is 9.78. The van der Waals surface area contributed by atoms with Crippen LogP contribution < -0.4 is 15.0 Å². The van der Waals surface area contributed by atoms with Crippen LogP contribution in [0.5, 0.6) is 5.75 Å². The molecule has 3 aromatic heterocycles. The number of hydrogen-bond donors (Lipinski definition) is 1. The van der Waals surface area contributed by atoms with Gasteiger partial charge in [-0.25, -0.2) is 4.52 Å². The first-order valence-corrected chi connectivity index (χ1v) is 25.3. The molecular weight excluding hydrogens is 814 g/mol. The fourth-order valence-corrected chi connectivity index (χ4v) is 9.78. The van der Waals surface area contributed by atoms with Crippen molar-refractivity contribution in [2.24, 2.45) is 11.8 Å². The smallest absolute Gasteiger partial charge is 0.456 e. The van der Waals surface area contributed by atoms with E-state index in [9.17, 15) is 22.0 Å². The molecule has 1 aliphatic carbocycles. The van der Waals surface area contributed by atoms with Crippen LogP contribution in [0.1, 0.15) is 211 Å². The van der Waals surface area contributed by atoms with Crippen molar-refractivity contribution in [2.75, 3.05) is 29.9 Å². The highest BCUT2D eigenvalue weighted by Gasteiger charge is 2.58. The number of rotatable bonds is 6. The topological polar surface area (TPSA) is 93.6 Å². The van der Waals surface area contributed by atoms with Crippen molar-refractivity contribution in [2.45, 2.75) is 231 Å². The van der Waals surface area contributed by atoms with Gasteiger partial charge in [0.2, 0.25) is 5.95 Å². The fraction of sp³-hybridized carbons (Fsp3) is 0.837. The van der Waals surface area contributed by atoms with Gasteiger partial charge in [-0.2, -0.15) is 31.9 Å². The monoisotopic (exact) mass is 894 g/mol. The first kappa shape index (κ1) is 50.8. The van der Waals surface area contributed by atoms with Gasteiger partial charge in [0.05, 0.1) is 0 Å². The highest BCUT2D eigenvalue weighted by atomic mass is 19.4. The number of alkyl halides is 5. The number of ether oxygens (including phenoxy) is 1. The van der Waals surface area contributed by atoms with Crippen molar-refractivity contribution in [3.8, 4) is 5.75 Å². The van der Waals surface area contributed by atoms with Crippen LogP contribution >= 0.6 is 0 Å². The summed E-state index contributed by atoms with van der Waals surface area (Å²) >= 11 is 0. The second kappa shape index (κ2) is 28.0. The van der Waals surface area contributed by atoms with Gasteiger partial charge in [-0.15, -0.1) is 5.10 Å². The summed E-state index contributed by atoms with van der Waals surface area (Å²) in [6, 6.07) is 3.46. The van der Waals surface area contributed by atoms with Gasteiger partial charge in [0.25, 0.3) is 0 Å². The first-order chi connectivity index (χ1) is 30.6. The third-order valence-electron chi connectivity index (χ3n) is 13.5. The second-order valence-corrected chi connectivity index (χ2v) is 19.1. The lowest BCUT2D eigenvalue weighted by Crippen LogP contribution is -2.41. The lowest BCUT2D eigenvalue weighted by atomic mass is 9.97. The summed E-state index contributed by atoms with van der Waals surface area (Å²) in [5.41, 5.74) is 0.0767. The molecule has 4 heterocycles. The largest absolute Gasteiger partial charge is 0.483 e. The molecule has 2 aliphatic rings. The molecule has 3 atom stereocenters. The Bertz CT molecular complexity index is 1650. The van der Waals surface area contributed by atoms with E-state index in [1.807, 2.05) is 6.92 Å². The standard InChI is InChI=1S/C49H80F5N7O2/c1-40-55-47(63-59-40)60-35-27-26-31-43(56-46-57-45-44(32-28-36-61(45)58-46)62-39-48(50,51)49(52,53)54)30-25-23-21-19-17-15-13-11-9-7-5-3-2-4-6-8-10-12-14-16-18-20-22-24-29-41-33-34-42(37-41)38-60/h28,32,36,41-43H,2-27,29-31,33-35,37-39H2,1H3,(H,56,58). The van der Waals surface area contributed by atoms with E-state index in [0.717, 1.165) is 57.5 Å². The van der Waals surface area contributed by atoms with E-state index in [1.54, 1.807) is 6.20 Å². The highest BCUT2D eigenvalue weighted by molar-refractivity contribution is 5.55. The normalized spacial score (nSPS) is 23.7. The Morgan fingerprint density at radius 3 is 1.68 bits per heavy atom. The lowest BCUT2D eigenvalue weighted by Gasteiger charge is -2.24. The van der Waals surface area contributed by atoms with Crippen molar-refractivity contribution in [1.82, 2.24) is 24.7 Å². The summed E-state index contributed by atoms with van der Waals surface area (Å²) in [7, 11) is 0. The minimum atomic E-state index is -5.71. The molecule has 0 spiro atoms. The van der Waals surface area contributed by atoms with Crippen molar-refractivity contribution in [3.05, 3.63) is 24.2 Å². The van der Waals surface area contributed by atoms with E-state index in [-0.39, 0.29) is 23.4 Å². The van der Waals surface area contributed by atoms with Gasteiger partial charge in [0, 0.05) is 25.3 Å². The number of anilines is 2. The number of nitrogens with zero attached hydrogens (tertiary/aromatic N) is 6. The minimum Gasteiger partial charge on any atom is -0.483 e. The van der Waals surface area contributed by atoms with Crippen LogP contribution in [0.3, 0.4) is 0 Å². The zero-order chi connectivity index (χ0) is 44.6. The molecule has 0 aromatic carbocycles. The molecule has 3 aromatic rings. The third-order valence-corrected chi connectivity index (χ3v) is 13.5. The molecule has 14 heteroatoms. The Kier molecular flexibility index (Phi) is 22.6. The molecule has 63 heavy (non-hydrogen) atoms. The van der Waals surface area contributed by atoms with E-state index < -0.39 is 18.7 Å². The average Bonchev–Trinajstić information content (AvgIpc) is 4.01. The molecule has 1 saturated carbocycles. The van der Waals surface area contributed by atoms with Crippen molar-refractivity contribution in [3.63, 3.8) is 0 Å². The van der Waals surface area contributed by atoms with Crippen LogP contribution in [0.4, 0.5) is 33.9 Å². The number of halogens is 5. The molecule has 9 nitrogen and oxygen atoms in total. The van der Waals surface area contributed by atoms with Crippen LogP contribution in [-0.4, -0.2) is 62.6 Å². The first-order valence-electron chi connectivity index (χ1n) is 25.3. The van der Waals surface area contributed by atoms with Crippen molar-refractivity contribution < 1.29 is 31.2 Å². The van der Waals surface area contributed by atoms with Gasteiger partial charge in [0.1, 0.15) is 0 Å². The number of nitrogens with one attached hydrogen (secondary N) is 1. The Hall–Kier alpha value is -3.19. The molecule has 1 saturated heterocycles. The summed E-state index contributed by atoms with van der Waals surface area (Å²) in [4.78, 5) is 11.4. The predicted octanol–water partition coefficient (Wildman–Crippen LogP) is 15.0. The molecule has 0 amide bonds. The molecule has 2 bridgehead atoms. The maximum Gasteiger partial charge on any atom is 0.456 e. The van der Waals surface area contributed by atoms with E-state index in [1.165, 1.54) is 184 Å². The Morgan fingerprint density at radius 2 is 1.16 bits per heavy atom. The van der Waals surface area contributed by atoms with Crippen molar-refractivity contribution in [1.29, 1.82) is 0 Å². The number of hydrogen-bond acceptors (Lipinski definition) is 8. The summed E-state index contributed by atoms with van der Waals surface area (Å²) < 4.78 is 78.0. The molecule has 0 radical (unpaired) electrons. The van der Waals surface area contributed by atoms with Gasteiger partial charge >= 0.3 is 18.1 Å². The van der Waals surface area contributed by atoms with E-state index in [4.69, 9.17) is 9.26 Å². The summed E-state index contributed by atoms with van der Waals surface area (Å²) in [5.74, 6) is -2.84. The number of pyridine rings is 1. The van der Waals surface area contributed by atoms with Crippen molar-refractivity contribution >= 4 is 17.6 Å². The van der Waals surface area contributed by atoms with Crippen LogP contribution in [0.2, 0.25) is 0 Å². The SMILES string of the molecule is Cc1noc(N2CCCCC(Nc3nc4c(OCC(F)(F)C(F)(F)F)cccn4n3)CCCCCCCCCCCCCCCCCCCCCCCCCCC3CCC(C3)C2)n1. The third kappa shape index (κ3) is 19.1. The van der Waals surface area contributed by atoms with Gasteiger partial charge in [-0.05, 0) is 69.4 Å². The highest BCUT2D eigenvalue weighted by Crippen LogP contribution is 2.37. The van der Waals surface area contributed by atoms with E-state index in [0.29, 0.717) is 17.8 Å². The summed E-state index contributed by atoms with van der Waals surface area (Å²) in [6.07, 6.45) is 36.9. The number of aromatic nitrogens is 5. The van der Waals surface area contributed by atoms with Crippen LogP contribution in [-0.2, 0) is 0 Å². The molecule has 358 valence electrons. The molecule has 2 fully saturated rings. The molecule has 1 aliphatic heterocycles. The maximum atomic E-state index is 13.7. The quantitative estimate of drug-likeness (QED) is 0.245. The van der Waals surface area contributed by atoms with E-state index in [2.05, 4.69) is 30.4 Å². The van der Waals surface area contributed by atoms with E-state index >= 15 is 0 Å². The van der Waals surface area contributed by atoms with Crippen LogP contribution in [0.15, 0.2) is 22.9 Å². The summed E-state index contributed by atoms with van der Waals surface area (Å²) in [5, 5.41) is 12.1. The van der Waals surface area contributed by atoms with Crippen LogP contribution in [0.25, 0.3) is 5.65 Å². The lowest BCUT2D eigenvalue weighted by molar-refractivity contribution is -0.289. The molecule has 3 unspecified atom stereocenters. The van der Waals surface area contributed by atoms with Gasteiger partial charge in [0.15, 0.2) is 23.8 Å². The molecule has 5 rings (SSSR count). The van der Waals surface area contributed by atoms with Gasteiger partial charge in [-0.1, -0.05) is 172 Å². The summed E-state index contributed by atoms with van der Waals surface area (Å²) in [6.45, 7) is 1.75. The zero-order valence-electron chi connectivity index (χ0n) is 38.6. The number of fused-ring (bicyclic) bond motifs is 3.